The molecule has 1 aromatic carbocycles. The van der Waals surface area contributed by atoms with Crippen molar-refractivity contribution in [2.45, 2.75) is 6.92 Å². The normalized spacial score (nSPS) is 9.00. The Hall–Kier alpha value is -0.340. The predicted octanol–water partition coefficient (Wildman–Crippen LogP) is 3.31. The van der Waals surface area contributed by atoms with Gasteiger partial charge in [0.25, 0.3) is 0 Å². The van der Waals surface area contributed by atoms with Gasteiger partial charge < -0.3 is 0 Å². The van der Waals surface area contributed by atoms with Crippen molar-refractivity contribution in [3.63, 3.8) is 0 Å². The summed E-state index contributed by atoms with van der Waals surface area (Å²) in [6, 6.07) is 10.3. The number of hydrogen-bond donors (Lipinski definition) is 2. The molecule has 60 valence electrons. The summed E-state index contributed by atoms with van der Waals surface area (Å²) < 4.78 is 0. The Balaban J connectivity index is 0.000000218. The molecular weight excluding hydrogens is 172 g/mol. The summed E-state index contributed by atoms with van der Waals surface area (Å²) in [6.45, 7) is 2.08. The van der Waals surface area contributed by atoms with Gasteiger partial charge >= 0.3 is 0 Å². The molecule has 0 heterocycles. The van der Waals surface area contributed by atoms with E-state index in [9.17, 15) is 0 Å². The van der Waals surface area contributed by atoms with Gasteiger partial charge in [-0.1, -0.05) is 35.9 Å². The Morgan fingerprint density at radius 2 is 1.45 bits per heavy atom. The molecule has 0 bridgehead atoms. The molecule has 0 saturated heterocycles. The zero-order valence-corrected chi connectivity index (χ0v) is 8.22. The van der Waals surface area contributed by atoms with Gasteiger partial charge in [-0.15, -0.1) is 0 Å². The fourth-order valence-corrected chi connectivity index (χ4v) is 0.534. The molecule has 0 nitrogen and oxygen atoms in total. The van der Waals surface area contributed by atoms with Crippen LogP contribution in [0.15, 0.2) is 41.1 Å². The minimum Gasteiger partial charge on any atom is -0.151 e. The standard InChI is InChI=1S/C7H8.C2H4S2/c1-7-5-3-2-4-6-7;3-1-2-4/h2-6H,1H3;1-4H. The van der Waals surface area contributed by atoms with Crippen LogP contribution in [0.2, 0.25) is 0 Å². The minimum atomic E-state index is 1.32. The van der Waals surface area contributed by atoms with Gasteiger partial charge in [0.2, 0.25) is 0 Å². The van der Waals surface area contributed by atoms with Gasteiger partial charge in [-0.2, -0.15) is 25.3 Å². The summed E-state index contributed by atoms with van der Waals surface area (Å²) in [4.78, 5) is 0. The molecule has 0 aliphatic carbocycles. The first kappa shape index (κ1) is 10.7. The van der Waals surface area contributed by atoms with Crippen molar-refractivity contribution < 1.29 is 0 Å². The van der Waals surface area contributed by atoms with E-state index in [1.807, 2.05) is 18.2 Å². The van der Waals surface area contributed by atoms with Crippen LogP contribution in [0.3, 0.4) is 0 Å². The van der Waals surface area contributed by atoms with Gasteiger partial charge in [0.1, 0.15) is 0 Å². The van der Waals surface area contributed by atoms with Crippen molar-refractivity contribution in [3.8, 4) is 0 Å². The second-order valence-corrected chi connectivity index (χ2v) is 2.55. The number of rotatable bonds is 0. The fraction of sp³-hybridized carbons (Fsp3) is 0.111. The maximum Gasteiger partial charge on any atom is -0.0264 e. The highest BCUT2D eigenvalue weighted by atomic mass is 32.1. The van der Waals surface area contributed by atoms with E-state index in [1.54, 1.807) is 10.8 Å². The maximum absolute atomic E-state index is 3.66. The van der Waals surface area contributed by atoms with Crippen LogP contribution in [0.5, 0.6) is 0 Å². The lowest BCUT2D eigenvalue weighted by atomic mass is 10.2. The quantitative estimate of drug-likeness (QED) is 0.568. The predicted molar refractivity (Wildman–Crippen MR) is 58.3 cm³/mol. The second kappa shape index (κ2) is 7.76. The molecule has 0 fully saturated rings. The van der Waals surface area contributed by atoms with Crippen LogP contribution in [0.4, 0.5) is 0 Å². The van der Waals surface area contributed by atoms with Crippen LogP contribution in [0, 0.1) is 6.92 Å². The first-order valence-electron chi connectivity index (χ1n) is 3.26. The summed E-state index contributed by atoms with van der Waals surface area (Å²) >= 11 is 7.33. The molecule has 0 aromatic heterocycles. The second-order valence-electron chi connectivity index (χ2n) is 1.95. The Morgan fingerprint density at radius 1 is 1.00 bits per heavy atom. The number of hydrogen-bond acceptors (Lipinski definition) is 2. The molecule has 0 aliphatic heterocycles. The third-order valence-electron chi connectivity index (χ3n) is 1.01. The van der Waals surface area contributed by atoms with E-state index in [0.29, 0.717) is 0 Å². The lowest BCUT2D eigenvalue weighted by Crippen LogP contribution is -1.62. The molecule has 0 unspecified atom stereocenters. The van der Waals surface area contributed by atoms with Crippen molar-refractivity contribution in [3.05, 3.63) is 46.7 Å². The Morgan fingerprint density at radius 3 is 1.64 bits per heavy atom. The first-order chi connectivity index (χ1) is 5.31. The lowest BCUT2D eigenvalue weighted by Gasteiger charge is -1.82. The van der Waals surface area contributed by atoms with Crippen LogP contribution in [-0.4, -0.2) is 0 Å². The maximum atomic E-state index is 3.66. The van der Waals surface area contributed by atoms with E-state index in [4.69, 9.17) is 0 Å². The third-order valence-corrected chi connectivity index (χ3v) is 1.54. The molecule has 1 rings (SSSR count). The van der Waals surface area contributed by atoms with Crippen LogP contribution in [-0.2, 0) is 0 Å². The Labute approximate surface area is 79.2 Å². The summed E-state index contributed by atoms with van der Waals surface area (Å²) in [6.07, 6.45) is 0. The van der Waals surface area contributed by atoms with Crippen molar-refractivity contribution in [1.82, 2.24) is 0 Å². The van der Waals surface area contributed by atoms with Gasteiger partial charge in [-0.05, 0) is 17.7 Å². The zero-order chi connectivity index (χ0) is 8.53. The van der Waals surface area contributed by atoms with E-state index in [1.165, 1.54) is 5.56 Å². The van der Waals surface area contributed by atoms with E-state index < -0.39 is 0 Å². The van der Waals surface area contributed by atoms with E-state index in [2.05, 4.69) is 44.3 Å². The SMILES string of the molecule is Cc1ccccc1.SC=CS. The highest BCUT2D eigenvalue weighted by molar-refractivity contribution is 7.87. The summed E-state index contributed by atoms with van der Waals surface area (Å²) in [5.41, 5.74) is 1.32. The monoisotopic (exact) mass is 184 g/mol. The van der Waals surface area contributed by atoms with Gasteiger partial charge in [0.15, 0.2) is 0 Å². The van der Waals surface area contributed by atoms with Crippen molar-refractivity contribution in [1.29, 1.82) is 0 Å². The van der Waals surface area contributed by atoms with Crippen LogP contribution in [0.1, 0.15) is 5.56 Å². The highest BCUT2D eigenvalue weighted by Crippen LogP contribution is 1.92. The molecule has 0 saturated carbocycles. The summed E-state index contributed by atoms with van der Waals surface area (Å²) in [5.74, 6) is 0. The Bertz CT molecular complexity index is 188. The van der Waals surface area contributed by atoms with E-state index >= 15 is 0 Å². The molecule has 2 heteroatoms. The average Bonchev–Trinajstić information content (AvgIpc) is 2.07. The van der Waals surface area contributed by atoms with Crippen molar-refractivity contribution in [2.24, 2.45) is 0 Å². The number of aryl methyl sites for hydroxylation is 1. The molecule has 11 heavy (non-hydrogen) atoms. The minimum absolute atomic E-state index is 1.32. The van der Waals surface area contributed by atoms with Gasteiger partial charge in [0, 0.05) is 0 Å². The van der Waals surface area contributed by atoms with Crippen LogP contribution in [0.25, 0.3) is 0 Å². The van der Waals surface area contributed by atoms with Crippen LogP contribution < -0.4 is 0 Å². The molecule has 0 N–H and O–H groups in total. The Kier molecular flexibility index (Phi) is 7.52. The van der Waals surface area contributed by atoms with Crippen LogP contribution >= 0.6 is 25.3 Å². The number of thiol groups is 2. The van der Waals surface area contributed by atoms with Gasteiger partial charge in [-0.3, -0.25) is 0 Å². The molecule has 0 radical (unpaired) electrons. The van der Waals surface area contributed by atoms with E-state index in [-0.39, 0.29) is 0 Å². The molecule has 0 atom stereocenters. The third kappa shape index (κ3) is 7.56. The van der Waals surface area contributed by atoms with E-state index in [0.717, 1.165) is 0 Å². The number of benzene rings is 1. The molecular formula is C9H12S2. The van der Waals surface area contributed by atoms with Gasteiger partial charge in [-0.25, -0.2) is 0 Å². The average molecular weight is 184 g/mol. The zero-order valence-electron chi connectivity index (χ0n) is 6.44. The fourth-order valence-electron chi connectivity index (χ4n) is 0.534. The molecule has 0 spiro atoms. The summed E-state index contributed by atoms with van der Waals surface area (Å²) in [5, 5.41) is 3.12. The van der Waals surface area contributed by atoms with Crippen molar-refractivity contribution in [2.75, 3.05) is 0 Å². The van der Waals surface area contributed by atoms with Gasteiger partial charge in [0.05, 0.1) is 0 Å². The highest BCUT2D eigenvalue weighted by Gasteiger charge is 1.72. The molecule has 0 aliphatic rings. The largest absolute Gasteiger partial charge is 0.151 e. The molecule has 1 aromatic rings. The molecule has 0 amide bonds. The van der Waals surface area contributed by atoms with Crippen molar-refractivity contribution >= 4 is 25.3 Å². The first-order valence-corrected chi connectivity index (χ1v) is 4.29. The smallest absolute Gasteiger partial charge is 0.0264 e. The summed E-state index contributed by atoms with van der Waals surface area (Å²) in [7, 11) is 0. The topological polar surface area (TPSA) is 0 Å². The lowest BCUT2D eigenvalue weighted by molar-refractivity contribution is 1.48.